The fraction of sp³-hybridized carbons (Fsp3) is 0.600. The van der Waals surface area contributed by atoms with Crippen molar-refractivity contribution in [2.75, 3.05) is 7.11 Å². The van der Waals surface area contributed by atoms with Gasteiger partial charge in [-0.2, -0.15) is 0 Å². The minimum absolute atomic E-state index is 0.502. The van der Waals surface area contributed by atoms with Crippen molar-refractivity contribution in [2.24, 2.45) is 5.92 Å². The van der Waals surface area contributed by atoms with E-state index in [2.05, 4.69) is 20.4 Å². The predicted octanol–water partition coefficient (Wildman–Crippen LogP) is 3.38. The van der Waals surface area contributed by atoms with Gasteiger partial charge in [-0.05, 0) is 11.5 Å². The Kier molecular flexibility index (Phi) is 10.9. The molecule has 1 nitrogen and oxygen atoms in total. The molecule has 0 bridgehead atoms. The van der Waals surface area contributed by atoms with Gasteiger partial charge in [0.25, 0.3) is 0 Å². The van der Waals surface area contributed by atoms with Gasteiger partial charge in [0.1, 0.15) is 0 Å². The van der Waals surface area contributed by atoms with Crippen LogP contribution in [0.1, 0.15) is 27.7 Å². The van der Waals surface area contributed by atoms with E-state index in [0.717, 1.165) is 5.57 Å². The van der Waals surface area contributed by atoms with E-state index < -0.39 is 0 Å². The lowest BCUT2D eigenvalue weighted by atomic mass is 10.1. The summed E-state index contributed by atoms with van der Waals surface area (Å²) in [4.78, 5) is 0. The lowest BCUT2D eigenvalue weighted by molar-refractivity contribution is 0.331. The second-order valence-electron chi connectivity index (χ2n) is 2.21. The summed E-state index contributed by atoms with van der Waals surface area (Å²) < 4.78 is 4.82. The highest BCUT2D eigenvalue weighted by atomic mass is 16.5. The van der Waals surface area contributed by atoms with Crippen molar-refractivity contribution in [1.29, 1.82) is 0 Å². The van der Waals surface area contributed by atoms with Crippen LogP contribution in [0, 0.1) is 5.92 Å². The molecule has 0 aromatic rings. The van der Waals surface area contributed by atoms with Crippen molar-refractivity contribution in [2.45, 2.75) is 27.7 Å². The van der Waals surface area contributed by atoms with Gasteiger partial charge in [0.15, 0.2) is 0 Å². The molecule has 0 saturated heterocycles. The van der Waals surface area contributed by atoms with E-state index >= 15 is 0 Å². The van der Waals surface area contributed by atoms with Crippen LogP contribution in [-0.4, -0.2) is 7.11 Å². The van der Waals surface area contributed by atoms with E-state index in [0.29, 0.717) is 5.92 Å². The molecule has 0 rings (SSSR count). The normalized spacial score (nSPS) is 10.2. The Morgan fingerprint density at radius 2 is 1.82 bits per heavy atom. The maximum Gasteiger partial charge on any atom is 0.0858 e. The van der Waals surface area contributed by atoms with Crippen molar-refractivity contribution in [3.8, 4) is 0 Å². The zero-order valence-corrected chi connectivity index (χ0v) is 8.35. The first-order chi connectivity index (χ1) is 5.22. The topological polar surface area (TPSA) is 9.23 Å². The molecule has 0 unspecified atom stereocenters. The molecular weight excluding hydrogens is 136 g/mol. The molecule has 11 heavy (non-hydrogen) atoms. The monoisotopic (exact) mass is 156 g/mol. The molecule has 0 heterocycles. The summed E-state index contributed by atoms with van der Waals surface area (Å²) in [5.74, 6) is 0.502. The van der Waals surface area contributed by atoms with Gasteiger partial charge in [-0.1, -0.05) is 40.3 Å². The minimum Gasteiger partial charge on any atom is -0.504 e. The van der Waals surface area contributed by atoms with E-state index in [4.69, 9.17) is 4.74 Å². The van der Waals surface area contributed by atoms with Gasteiger partial charge in [0.05, 0.1) is 13.4 Å². The van der Waals surface area contributed by atoms with Crippen LogP contribution >= 0.6 is 0 Å². The van der Waals surface area contributed by atoms with Crippen LogP contribution in [0.5, 0.6) is 0 Å². The van der Waals surface area contributed by atoms with Crippen LogP contribution in [0.25, 0.3) is 0 Å². The molecule has 0 aliphatic carbocycles. The molecule has 0 N–H and O–H groups in total. The summed E-state index contributed by atoms with van der Waals surface area (Å²) in [6.45, 7) is 11.9. The molecule has 0 aromatic carbocycles. The first-order valence-corrected chi connectivity index (χ1v) is 4.07. The highest BCUT2D eigenvalue weighted by Crippen LogP contribution is 2.09. The maximum absolute atomic E-state index is 4.82. The maximum atomic E-state index is 4.82. The van der Waals surface area contributed by atoms with Crippen molar-refractivity contribution in [3.63, 3.8) is 0 Å². The van der Waals surface area contributed by atoms with Crippen molar-refractivity contribution in [3.05, 3.63) is 24.5 Å². The smallest absolute Gasteiger partial charge is 0.0858 e. The van der Waals surface area contributed by atoms with Crippen LogP contribution < -0.4 is 0 Å². The molecule has 0 aliphatic rings. The third-order valence-electron chi connectivity index (χ3n) is 1.16. The number of methoxy groups -OCH3 is 1. The Balaban J connectivity index is 0. The lowest BCUT2D eigenvalue weighted by Crippen LogP contribution is -1.89. The third-order valence-corrected chi connectivity index (χ3v) is 1.16. The summed E-state index contributed by atoms with van der Waals surface area (Å²) >= 11 is 0. The van der Waals surface area contributed by atoms with E-state index in [9.17, 15) is 0 Å². The first kappa shape index (κ1) is 12.9. The van der Waals surface area contributed by atoms with Crippen LogP contribution in [0.2, 0.25) is 0 Å². The first-order valence-electron chi connectivity index (χ1n) is 4.07. The number of hydrogen-bond donors (Lipinski definition) is 0. The molecule has 0 fully saturated rings. The van der Waals surface area contributed by atoms with Gasteiger partial charge in [0.2, 0.25) is 0 Å². The zero-order valence-electron chi connectivity index (χ0n) is 8.35. The van der Waals surface area contributed by atoms with Crippen LogP contribution in [-0.2, 0) is 4.74 Å². The number of allylic oxidation sites excluding steroid dienone is 2. The quantitative estimate of drug-likeness (QED) is 0.449. The van der Waals surface area contributed by atoms with Crippen molar-refractivity contribution < 1.29 is 4.74 Å². The number of hydrogen-bond acceptors (Lipinski definition) is 1. The molecule has 0 aromatic heterocycles. The summed E-state index contributed by atoms with van der Waals surface area (Å²) in [7, 11) is 1.64. The van der Waals surface area contributed by atoms with Crippen LogP contribution in [0.3, 0.4) is 0 Å². The fourth-order valence-electron chi connectivity index (χ4n) is 0.556. The van der Waals surface area contributed by atoms with E-state index in [-0.39, 0.29) is 0 Å². The molecule has 0 atom stereocenters. The number of ether oxygens (including phenoxy) is 1. The molecule has 0 amide bonds. The number of rotatable bonds is 3. The summed E-state index contributed by atoms with van der Waals surface area (Å²) in [6.07, 6.45) is 3.53. The SMILES string of the molecule is C=C/C(=C\OC)C(C)C.CC. The Labute approximate surface area is 70.8 Å². The van der Waals surface area contributed by atoms with Gasteiger partial charge in [-0.25, -0.2) is 0 Å². The molecular formula is C10H20O. The van der Waals surface area contributed by atoms with E-state index in [1.807, 2.05) is 19.9 Å². The lowest BCUT2D eigenvalue weighted by Gasteiger charge is -2.03. The van der Waals surface area contributed by atoms with Crippen molar-refractivity contribution in [1.82, 2.24) is 0 Å². The Morgan fingerprint density at radius 3 is 1.91 bits per heavy atom. The second-order valence-corrected chi connectivity index (χ2v) is 2.21. The third kappa shape index (κ3) is 7.17. The molecule has 1 heteroatoms. The molecule has 0 spiro atoms. The Morgan fingerprint density at radius 1 is 1.36 bits per heavy atom. The molecule has 0 aliphatic heterocycles. The van der Waals surface area contributed by atoms with Gasteiger partial charge < -0.3 is 4.74 Å². The van der Waals surface area contributed by atoms with Crippen LogP contribution in [0.15, 0.2) is 24.5 Å². The van der Waals surface area contributed by atoms with Gasteiger partial charge >= 0.3 is 0 Å². The zero-order chi connectivity index (χ0) is 9.28. The largest absolute Gasteiger partial charge is 0.504 e. The summed E-state index contributed by atoms with van der Waals surface area (Å²) in [5.41, 5.74) is 1.14. The highest BCUT2D eigenvalue weighted by Gasteiger charge is 1.95. The molecule has 0 saturated carbocycles. The van der Waals surface area contributed by atoms with E-state index in [1.54, 1.807) is 13.4 Å². The average Bonchev–Trinajstić information content (AvgIpc) is 2.03. The van der Waals surface area contributed by atoms with Crippen molar-refractivity contribution >= 4 is 0 Å². The summed E-state index contributed by atoms with van der Waals surface area (Å²) in [5, 5.41) is 0. The fourth-order valence-corrected chi connectivity index (χ4v) is 0.556. The Hall–Kier alpha value is -0.720. The van der Waals surface area contributed by atoms with Gasteiger partial charge in [-0.15, -0.1) is 0 Å². The second kappa shape index (κ2) is 9.28. The van der Waals surface area contributed by atoms with Gasteiger partial charge in [-0.3, -0.25) is 0 Å². The highest BCUT2D eigenvalue weighted by molar-refractivity contribution is 5.15. The minimum atomic E-state index is 0.502. The van der Waals surface area contributed by atoms with E-state index in [1.165, 1.54) is 0 Å². The Bertz CT molecular complexity index is 112. The average molecular weight is 156 g/mol. The standard InChI is InChI=1S/C8H14O.C2H6/c1-5-8(6-9-4)7(2)3;1-2/h5-7H,1H2,2-4H3;1-2H3/b8-6+;. The summed E-state index contributed by atoms with van der Waals surface area (Å²) in [6, 6.07) is 0. The predicted molar refractivity (Wildman–Crippen MR) is 51.5 cm³/mol. The van der Waals surface area contributed by atoms with Gasteiger partial charge in [0, 0.05) is 0 Å². The molecule has 66 valence electrons. The molecule has 0 radical (unpaired) electrons. The van der Waals surface area contributed by atoms with Crippen LogP contribution in [0.4, 0.5) is 0 Å².